The Bertz CT molecular complexity index is 392. The van der Waals surface area contributed by atoms with Crippen molar-refractivity contribution >= 4 is 26.9 Å². The third-order valence-corrected chi connectivity index (χ3v) is 16.1. The third kappa shape index (κ3) is 12.4. The van der Waals surface area contributed by atoms with E-state index < -0.39 is 26.9 Å². The summed E-state index contributed by atoms with van der Waals surface area (Å²) >= 11 is 0. The van der Waals surface area contributed by atoms with Crippen molar-refractivity contribution in [3.8, 4) is 0 Å². The summed E-state index contributed by atoms with van der Waals surface area (Å²) in [5.41, 5.74) is 0. The molecule has 10 heteroatoms. The molecule has 0 bridgehead atoms. The summed E-state index contributed by atoms with van der Waals surface area (Å²) in [7, 11) is 8.10. The van der Waals surface area contributed by atoms with Crippen molar-refractivity contribution in [2.75, 3.05) is 68.9 Å². The average molecular weight is 483 g/mol. The van der Waals surface area contributed by atoms with Crippen LogP contribution in [0.4, 0.5) is 0 Å². The number of unbranched alkanes of at least 4 members (excludes halogenated alkanes) is 4. The molecule has 1 N–H and O–H groups in total. The van der Waals surface area contributed by atoms with E-state index in [-0.39, 0.29) is 0 Å². The van der Waals surface area contributed by atoms with Crippen LogP contribution in [-0.4, -0.2) is 101 Å². The van der Waals surface area contributed by atoms with Gasteiger partial charge in [-0.1, -0.05) is 25.7 Å². The topological polar surface area (TPSA) is 61.4 Å². The van der Waals surface area contributed by atoms with Crippen LogP contribution in [-0.2, 0) is 22.1 Å². The Kier molecular flexibility index (Phi) is 18.1. The highest BCUT2D eigenvalue weighted by atomic mass is 28.4. The first kappa shape index (κ1) is 30.4. The van der Waals surface area contributed by atoms with Crippen LogP contribution in [0.2, 0.25) is 17.8 Å². The van der Waals surface area contributed by atoms with Crippen molar-refractivity contribution in [2.24, 2.45) is 0 Å². The molecule has 0 aromatic carbocycles. The highest BCUT2D eigenvalue weighted by molar-refractivity contribution is 6.73. The van der Waals surface area contributed by atoms with Gasteiger partial charge < -0.3 is 32.3 Å². The van der Waals surface area contributed by atoms with Crippen molar-refractivity contribution in [1.29, 1.82) is 0 Å². The lowest BCUT2D eigenvalue weighted by Crippen LogP contribution is -2.51. The van der Waals surface area contributed by atoms with Crippen LogP contribution >= 0.6 is 0 Å². The maximum absolute atomic E-state index is 5.84. The second-order valence-corrected chi connectivity index (χ2v) is 18.2. The monoisotopic (exact) mass is 482 g/mol. The molecule has 0 spiro atoms. The summed E-state index contributed by atoms with van der Waals surface area (Å²) in [5.74, 6) is 0. The van der Waals surface area contributed by atoms with Crippen molar-refractivity contribution in [3.63, 3.8) is 0 Å². The summed E-state index contributed by atoms with van der Waals surface area (Å²) < 4.78 is 28.6. The van der Waals surface area contributed by atoms with Gasteiger partial charge in [0.2, 0.25) is 0 Å². The lowest BCUT2D eigenvalue weighted by Gasteiger charge is -2.32. The molecule has 0 amide bonds. The summed E-state index contributed by atoms with van der Waals surface area (Å²) in [4.78, 5) is 2.26. The maximum Gasteiger partial charge on any atom is 0.500 e. The Morgan fingerprint density at radius 2 is 1.37 bits per heavy atom. The molecule has 0 saturated carbocycles. The van der Waals surface area contributed by atoms with Gasteiger partial charge in [-0.2, -0.15) is 0 Å². The lowest BCUT2D eigenvalue weighted by molar-refractivity contribution is 0.118. The zero-order valence-corrected chi connectivity index (χ0v) is 24.5. The highest BCUT2D eigenvalue weighted by Gasteiger charge is 2.46. The van der Waals surface area contributed by atoms with Gasteiger partial charge in [0, 0.05) is 50.2 Å². The first-order chi connectivity index (χ1) is 14.3. The van der Waals surface area contributed by atoms with Crippen LogP contribution < -0.4 is 5.32 Å². The largest absolute Gasteiger partial charge is 0.500 e. The molecular weight excluding hydrogens is 432 g/mol. The van der Waals surface area contributed by atoms with Gasteiger partial charge in [-0.25, -0.2) is 0 Å². The van der Waals surface area contributed by atoms with E-state index in [0.717, 1.165) is 31.6 Å². The second-order valence-electron chi connectivity index (χ2n) is 8.46. The fourth-order valence-corrected chi connectivity index (χ4v) is 12.0. The van der Waals surface area contributed by atoms with E-state index in [0.29, 0.717) is 5.16 Å². The first-order valence-corrected chi connectivity index (χ1v) is 17.6. The van der Waals surface area contributed by atoms with Gasteiger partial charge in [0.1, 0.15) is 0 Å². The van der Waals surface area contributed by atoms with Crippen LogP contribution in [0.15, 0.2) is 0 Å². The van der Waals surface area contributed by atoms with E-state index in [1.54, 1.807) is 35.5 Å². The van der Waals surface area contributed by atoms with Crippen molar-refractivity contribution in [2.45, 2.75) is 62.7 Å². The summed E-state index contributed by atoms with van der Waals surface area (Å²) in [6.45, 7) is 4.31. The molecule has 0 aliphatic rings. The smallest absolute Gasteiger partial charge is 0.398 e. The Hall–Kier alpha value is 0.371. The van der Waals surface area contributed by atoms with E-state index in [4.69, 9.17) is 22.1 Å². The van der Waals surface area contributed by atoms with Gasteiger partial charge in [-0.05, 0) is 65.2 Å². The van der Waals surface area contributed by atoms with Gasteiger partial charge >= 0.3 is 17.4 Å². The van der Waals surface area contributed by atoms with Crippen molar-refractivity contribution in [1.82, 2.24) is 10.2 Å². The van der Waals surface area contributed by atoms with Crippen LogP contribution in [0.25, 0.3) is 0 Å². The van der Waals surface area contributed by atoms with Crippen molar-refractivity contribution in [3.05, 3.63) is 0 Å². The molecule has 0 fully saturated rings. The molecule has 1 unspecified atom stereocenters. The number of hydrogen-bond acceptors (Lipinski definition) is 7. The first-order valence-electron chi connectivity index (χ1n) is 11.4. The Morgan fingerprint density at radius 1 is 0.800 bits per heavy atom. The van der Waals surface area contributed by atoms with Crippen molar-refractivity contribution < 1.29 is 22.1 Å². The zero-order valence-electron chi connectivity index (χ0n) is 21.1. The summed E-state index contributed by atoms with van der Waals surface area (Å²) in [5, 5.41) is 4.10. The molecule has 0 saturated heterocycles. The van der Waals surface area contributed by atoms with Gasteiger partial charge in [0.15, 0.2) is 0 Å². The van der Waals surface area contributed by atoms with E-state index in [2.05, 4.69) is 30.9 Å². The average Bonchev–Trinajstić information content (AvgIpc) is 2.75. The zero-order chi connectivity index (χ0) is 22.9. The fourth-order valence-electron chi connectivity index (χ4n) is 3.82. The molecule has 30 heavy (non-hydrogen) atoms. The fraction of sp³-hybridized carbons (Fsp3) is 1.00. The van der Waals surface area contributed by atoms with E-state index >= 15 is 0 Å². The highest BCUT2D eigenvalue weighted by Crippen LogP contribution is 2.28. The maximum atomic E-state index is 5.84. The molecule has 0 rings (SSSR count). The second kappa shape index (κ2) is 17.9. The van der Waals surface area contributed by atoms with Gasteiger partial charge in [0.05, 0.1) is 0 Å². The predicted molar refractivity (Wildman–Crippen MR) is 133 cm³/mol. The minimum Gasteiger partial charge on any atom is -0.398 e. The van der Waals surface area contributed by atoms with Crippen LogP contribution in [0, 0.1) is 0 Å². The lowest BCUT2D eigenvalue weighted by atomic mass is 10.1. The Labute approximate surface area is 191 Å². The molecule has 0 aliphatic carbocycles. The van der Waals surface area contributed by atoms with Crippen LogP contribution in [0.3, 0.4) is 0 Å². The molecule has 0 radical (unpaired) electrons. The number of hydrogen-bond donors (Lipinski definition) is 1. The molecule has 0 aliphatic heterocycles. The standard InChI is InChI=1S/C20H50N2O5Si3/c1-22(2)17-13-11-9-10-12-15-20(30(25-5,26-6)27-7)28-19-21-16-14-18-29(8,23-3)24-4/h20-21H,9-19,28H2,1-8H3. The molecule has 1 atom stereocenters. The molecular formula is C20H50N2O5Si3. The molecule has 0 heterocycles. The number of rotatable bonds is 21. The number of nitrogens with one attached hydrogen (secondary N) is 1. The van der Waals surface area contributed by atoms with Gasteiger partial charge in [0.25, 0.3) is 0 Å². The Balaban J connectivity index is 4.36. The van der Waals surface area contributed by atoms with E-state index in [1.807, 2.05) is 0 Å². The predicted octanol–water partition coefficient (Wildman–Crippen LogP) is 2.57. The molecule has 0 aromatic rings. The molecule has 7 nitrogen and oxygen atoms in total. The Morgan fingerprint density at radius 3 is 1.90 bits per heavy atom. The molecule has 0 aromatic heterocycles. The minimum atomic E-state index is -2.57. The van der Waals surface area contributed by atoms with Crippen LogP contribution in [0.1, 0.15) is 44.9 Å². The van der Waals surface area contributed by atoms with Gasteiger partial charge in [-0.15, -0.1) is 0 Å². The quantitative estimate of drug-likeness (QED) is 0.199. The third-order valence-electron chi connectivity index (χ3n) is 6.03. The number of nitrogens with zero attached hydrogens (tertiary/aromatic N) is 1. The molecule has 182 valence electrons. The van der Waals surface area contributed by atoms with E-state index in [9.17, 15) is 0 Å². The summed E-state index contributed by atoms with van der Waals surface area (Å²) in [6, 6.07) is 1.01. The van der Waals surface area contributed by atoms with Crippen LogP contribution in [0.5, 0.6) is 0 Å². The minimum absolute atomic E-state index is 0.421. The van der Waals surface area contributed by atoms with Gasteiger partial charge in [-0.3, -0.25) is 0 Å². The SMILES string of the molecule is CO[Si](C)(CCCNC[SiH2]C(CCCCCCCN(C)C)[Si](OC)(OC)OC)OC. The summed E-state index contributed by atoms with van der Waals surface area (Å²) in [6.07, 6.45) is 9.74. The normalized spacial score (nSPS) is 14.3. The van der Waals surface area contributed by atoms with E-state index in [1.165, 1.54) is 38.6 Å².